The lowest BCUT2D eigenvalue weighted by molar-refractivity contribution is 0.476. The normalized spacial score (nSPS) is 11.5. The SMILES string of the molecule is CCC(C)(CC)Nc1ncnc(Cl)c1C. The molecule has 0 unspecified atom stereocenters. The number of aromatic nitrogens is 2. The molecule has 0 aromatic carbocycles. The van der Waals surface area contributed by atoms with E-state index in [-0.39, 0.29) is 5.54 Å². The van der Waals surface area contributed by atoms with Crippen LogP contribution in [0.2, 0.25) is 5.15 Å². The van der Waals surface area contributed by atoms with Crippen molar-refractivity contribution in [1.82, 2.24) is 9.97 Å². The average Bonchev–Trinajstić information content (AvgIpc) is 2.25. The van der Waals surface area contributed by atoms with Gasteiger partial charge in [-0.3, -0.25) is 0 Å². The Bertz CT molecular complexity index is 335. The monoisotopic (exact) mass is 227 g/mol. The zero-order valence-electron chi connectivity index (χ0n) is 9.76. The number of nitrogens with zero attached hydrogens (tertiary/aromatic N) is 2. The summed E-state index contributed by atoms with van der Waals surface area (Å²) in [6, 6.07) is 0. The van der Waals surface area contributed by atoms with Gasteiger partial charge in [-0.1, -0.05) is 25.4 Å². The van der Waals surface area contributed by atoms with E-state index in [1.807, 2.05) is 6.92 Å². The minimum absolute atomic E-state index is 0.0719. The van der Waals surface area contributed by atoms with E-state index in [0.29, 0.717) is 5.15 Å². The highest BCUT2D eigenvalue weighted by molar-refractivity contribution is 6.30. The van der Waals surface area contributed by atoms with Crippen molar-refractivity contribution in [2.75, 3.05) is 5.32 Å². The highest BCUT2D eigenvalue weighted by Crippen LogP contribution is 2.24. The van der Waals surface area contributed by atoms with E-state index in [9.17, 15) is 0 Å². The lowest BCUT2D eigenvalue weighted by atomic mass is 9.95. The first kappa shape index (κ1) is 12.2. The first-order valence-corrected chi connectivity index (χ1v) is 5.65. The van der Waals surface area contributed by atoms with E-state index in [4.69, 9.17) is 11.6 Å². The number of halogens is 1. The molecule has 0 atom stereocenters. The van der Waals surface area contributed by atoms with Crippen molar-refractivity contribution in [1.29, 1.82) is 0 Å². The summed E-state index contributed by atoms with van der Waals surface area (Å²) < 4.78 is 0. The Labute approximate surface area is 96.3 Å². The van der Waals surface area contributed by atoms with Gasteiger partial charge in [0.25, 0.3) is 0 Å². The number of hydrogen-bond acceptors (Lipinski definition) is 3. The van der Waals surface area contributed by atoms with Crippen molar-refractivity contribution in [3.8, 4) is 0 Å². The molecule has 1 heterocycles. The average molecular weight is 228 g/mol. The van der Waals surface area contributed by atoms with Crippen LogP contribution in [0.3, 0.4) is 0 Å². The molecule has 1 aromatic rings. The van der Waals surface area contributed by atoms with Crippen molar-refractivity contribution in [2.24, 2.45) is 0 Å². The second kappa shape index (κ2) is 4.79. The van der Waals surface area contributed by atoms with Crippen molar-refractivity contribution < 1.29 is 0 Å². The van der Waals surface area contributed by atoms with Crippen molar-refractivity contribution in [2.45, 2.75) is 46.1 Å². The van der Waals surface area contributed by atoms with Gasteiger partial charge >= 0.3 is 0 Å². The zero-order chi connectivity index (χ0) is 11.5. The van der Waals surface area contributed by atoms with Crippen LogP contribution in [-0.2, 0) is 0 Å². The van der Waals surface area contributed by atoms with Gasteiger partial charge in [0.15, 0.2) is 0 Å². The summed E-state index contributed by atoms with van der Waals surface area (Å²) in [5.41, 5.74) is 0.981. The Morgan fingerprint density at radius 1 is 1.33 bits per heavy atom. The van der Waals surface area contributed by atoms with Gasteiger partial charge in [-0.2, -0.15) is 0 Å². The second-order valence-electron chi connectivity index (χ2n) is 4.03. The Morgan fingerprint density at radius 3 is 2.47 bits per heavy atom. The molecule has 0 saturated carbocycles. The summed E-state index contributed by atoms with van der Waals surface area (Å²) in [6.07, 6.45) is 3.58. The molecule has 84 valence electrons. The number of rotatable bonds is 4. The highest BCUT2D eigenvalue weighted by atomic mass is 35.5. The summed E-state index contributed by atoms with van der Waals surface area (Å²) in [5, 5.41) is 3.94. The molecule has 0 radical (unpaired) electrons. The lowest BCUT2D eigenvalue weighted by Gasteiger charge is -2.29. The van der Waals surface area contributed by atoms with Crippen molar-refractivity contribution in [3.63, 3.8) is 0 Å². The molecule has 0 aliphatic heterocycles. The molecule has 0 amide bonds. The standard InChI is InChI=1S/C11H18ClN3/c1-5-11(4,6-2)15-10-8(3)9(12)13-7-14-10/h7H,5-6H2,1-4H3,(H,13,14,15). The smallest absolute Gasteiger partial charge is 0.137 e. The van der Waals surface area contributed by atoms with Gasteiger partial charge in [0.2, 0.25) is 0 Å². The third-order valence-corrected chi connectivity index (χ3v) is 3.38. The molecule has 3 nitrogen and oxygen atoms in total. The topological polar surface area (TPSA) is 37.8 Å². The van der Waals surface area contributed by atoms with E-state index in [1.54, 1.807) is 0 Å². The molecule has 0 spiro atoms. The first-order valence-electron chi connectivity index (χ1n) is 5.27. The van der Waals surface area contributed by atoms with E-state index in [1.165, 1.54) is 6.33 Å². The van der Waals surface area contributed by atoms with Crippen LogP contribution in [0.1, 0.15) is 39.2 Å². The van der Waals surface area contributed by atoms with Gasteiger partial charge in [0.05, 0.1) is 0 Å². The molecule has 1 N–H and O–H groups in total. The second-order valence-corrected chi connectivity index (χ2v) is 4.39. The highest BCUT2D eigenvalue weighted by Gasteiger charge is 2.20. The fraction of sp³-hybridized carbons (Fsp3) is 0.636. The Hall–Kier alpha value is -0.830. The fourth-order valence-corrected chi connectivity index (χ4v) is 1.40. The van der Waals surface area contributed by atoms with Crippen LogP contribution in [0, 0.1) is 6.92 Å². The van der Waals surface area contributed by atoms with E-state index < -0.39 is 0 Å². The molecule has 0 aliphatic rings. The van der Waals surface area contributed by atoms with Crippen LogP contribution in [-0.4, -0.2) is 15.5 Å². The summed E-state index contributed by atoms with van der Waals surface area (Å²) in [7, 11) is 0. The summed E-state index contributed by atoms with van der Waals surface area (Å²) in [6.45, 7) is 8.43. The summed E-state index contributed by atoms with van der Waals surface area (Å²) in [5.74, 6) is 0.834. The van der Waals surface area contributed by atoms with Crippen LogP contribution >= 0.6 is 11.6 Å². The van der Waals surface area contributed by atoms with Crippen LogP contribution in [0.5, 0.6) is 0 Å². The molecule has 15 heavy (non-hydrogen) atoms. The maximum Gasteiger partial charge on any atom is 0.137 e. The van der Waals surface area contributed by atoms with Gasteiger partial charge in [-0.05, 0) is 26.7 Å². The fourth-order valence-electron chi connectivity index (χ4n) is 1.27. The van der Waals surface area contributed by atoms with E-state index >= 15 is 0 Å². The number of anilines is 1. The van der Waals surface area contributed by atoms with Gasteiger partial charge in [-0.15, -0.1) is 0 Å². The van der Waals surface area contributed by atoms with E-state index in [0.717, 1.165) is 24.2 Å². The van der Waals surface area contributed by atoms with Crippen LogP contribution in [0.15, 0.2) is 6.33 Å². The minimum Gasteiger partial charge on any atom is -0.365 e. The third kappa shape index (κ3) is 2.81. The maximum atomic E-state index is 5.94. The Kier molecular flexibility index (Phi) is 3.91. The Balaban J connectivity index is 2.94. The van der Waals surface area contributed by atoms with E-state index in [2.05, 4.69) is 36.1 Å². The molecule has 1 rings (SSSR count). The van der Waals surface area contributed by atoms with Gasteiger partial charge < -0.3 is 5.32 Å². The quantitative estimate of drug-likeness (QED) is 0.801. The van der Waals surface area contributed by atoms with Crippen molar-refractivity contribution >= 4 is 17.4 Å². The predicted molar refractivity (Wildman–Crippen MR) is 64.4 cm³/mol. The zero-order valence-corrected chi connectivity index (χ0v) is 10.5. The van der Waals surface area contributed by atoms with Gasteiger partial charge in [-0.25, -0.2) is 9.97 Å². The first-order chi connectivity index (χ1) is 7.02. The largest absolute Gasteiger partial charge is 0.365 e. The number of nitrogens with one attached hydrogen (secondary N) is 1. The number of hydrogen-bond donors (Lipinski definition) is 1. The van der Waals surface area contributed by atoms with Crippen LogP contribution in [0.4, 0.5) is 5.82 Å². The lowest BCUT2D eigenvalue weighted by Crippen LogP contribution is -2.33. The maximum absolute atomic E-state index is 5.94. The molecule has 0 aliphatic carbocycles. The van der Waals surface area contributed by atoms with Crippen LogP contribution in [0.25, 0.3) is 0 Å². The predicted octanol–water partition coefficient (Wildman–Crippen LogP) is 3.43. The molecule has 4 heteroatoms. The third-order valence-electron chi connectivity index (χ3n) is 3.00. The molecular weight excluding hydrogens is 210 g/mol. The summed E-state index contributed by atoms with van der Waals surface area (Å²) in [4.78, 5) is 8.15. The van der Waals surface area contributed by atoms with Gasteiger partial charge in [0.1, 0.15) is 17.3 Å². The molecule has 0 fully saturated rings. The van der Waals surface area contributed by atoms with Gasteiger partial charge in [0, 0.05) is 11.1 Å². The molecule has 1 aromatic heterocycles. The van der Waals surface area contributed by atoms with Crippen molar-refractivity contribution in [3.05, 3.63) is 17.0 Å². The minimum atomic E-state index is 0.0719. The van der Waals surface area contributed by atoms with Crippen LogP contribution < -0.4 is 5.32 Å². The molecule has 0 bridgehead atoms. The summed E-state index contributed by atoms with van der Waals surface area (Å²) >= 11 is 5.94. The Morgan fingerprint density at radius 2 is 1.93 bits per heavy atom. The molecule has 0 saturated heterocycles. The molecular formula is C11H18ClN3.